The fourth-order valence-electron chi connectivity index (χ4n) is 2.17. The minimum Gasteiger partial charge on any atom is -0.349 e. The molecule has 2 aromatic rings. The van der Waals surface area contributed by atoms with Gasteiger partial charge in [0.1, 0.15) is 0 Å². The highest BCUT2D eigenvalue weighted by molar-refractivity contribution is 7.82. The average molecular weight is 356 g/mol. The molecule has 0 radical (unpaired) electrons. The first-order valence-electron chi connectivity index (χ1n) is 6.72. The van der Waals surface area contributed by atoms with Crippen molar-refractivity contribution in [2.75, 3.05) is 0 Å². The Kier molecular flexibility index (Phi) is 4.19. The monoisotopic (exact) mass is 356 g/mol. The van der Waals surface area contributed by atoms with Crippen LogP contribution in [0.2, 0.25) is 0 Å². The molecule has 0 spiro atoms. The number of fused-ring (bicyclic) bond motifs is 1. The predicted molar refractivity (Wildman–Crippen MR) is 89.6 cm³/mol. The van der Waals surface area contributed by atoms with Crippen molar-refractivity contribution < 1.29 is 16.8 Å². The van der Waals surface area contributed by atoms with E-state index in [1.807, 2.05) is 30.3 Å². The van der Waals surface area contributed by atoms with E-state index in [0.717, 1.165) is 5.56 Å². The van der Waals surface area contributed by atoms with Crippen molar-refractivity contribution in [2.24, 2.45) is 10.2 Å². The van der Waals surface area contributed by atoms with E-state index in [-0.39, 0.29) is 22.9 Å². The van der Waals surface area contributed by atoms with Crippen molar-refractivity contribution in [1.29, 1.82) is 0 Å². The van der Waals surface area contributed by atoms with Crippen LogP contribution >= 0.6 is 0 Å². The fraction of sp³-hybridized carbons (Fsp3) is 0. The molecule has 1 heterocycles. The van der Waals surface area contributed by atoms with Crippen LogP contribution in [0.1, 0.15) is 11.1 Å². The molecule has 1 aliphatic heterocycles. The molecule has 11 heteroatoms. The normalized spacial score (nSPS) is 13.9. The molecule has 0 unspecified atom stereocenters. The number of benzene rings is 2. The average Bonchev–Trinajstić information content (AvgIpc) is 2.90. The molecule has 0 aliphatic carbocycles. The number of hydrogen-bond acceptors (Lipinski definition) is 6. The van der Waals surface area contributed by atoms with Crippen molar-refractivity contribution in [2.45, 2.75) is 0 Å². The van der Waals surface area contributed by atoms with E-state index in [1.165, 1.54) is 6.07 Å². The van der Waals surface area contributed by atoms with Gasteiger partial charge in [0, 0.05) is 9.82 Å². The second-order valence-electron chi connectivity index (χ2n) is 4.69. The first-order chi connectivity index (χ1) is 12.0. The lowest BCUT2D eigenvalue weighted by atomic mass is 10.1. The fourth-order valence-corrected chi connectivity index (χ4v) is 2.91. The lowest BCUT2D eigenvalue weighted by Crippen LogP contribution is -2.08. The van der Waals surface area contributed by atoms with Crippen LogP contribution in [0.3, 0.4) is 0 Å². The van der Waals surface area contributed by atoms with Gasteiger partial charge in [0.2, 0.25) is 0 Å². The highest BCUT2D eigenvalue weighted by atomic mass is 32.3. The Balaban J connectivity index is 2.22. The van der Waals surface area contributed by atoms with Gasteiger partial charge in [-0.25, -0.2) is 0 Å². The number of rotatable bonds is 4. The van der Waals surface area contributed by atoms with Crippen LogP contribution in [-0.4, -0.2) is 8.42 Å². The molecule has 25 heavy (non-hydrogen) atoms. The van der Waals surface area contributed by atoms with E-state index >= 15 is 0 Å². The Morgan fingerprint density at radius 1 is 0.960 bits per heavy atom. The molecule has 0 atom stereocenters. The molecule has 0 bridgehead atoms. The summed E-state index contributed by atoms with van der Waals surface area (Å²) in [5, 5.41) is 6.89. The van der Waals surface area contributed by atoms with Gasteiger partial charge in [0.25, 0.3) is 0 Å². The summed E-state index contributed by atoms with van der Waals surface area (Å²) in [4.78, 5) is 5.31. The first-order valence-corrected chi connectivity index (χ1v) is 8.05. The zero-order valence-corrected chi connectivity index (χ0v) is 13.2. The molecular weight excluding hydrogens is 348 g/mol. The van der Waals surface area contributed by atoms with Crippen LogP contribution in [0.15, 0.2) is 46.6 Å². The summed E-state index contributed by atoms with van der Waals surface area (Å²) in [6.07, 6.45) is 3.28. The third kappa shape index (κ3) is 3.33. The van der Waals surface area contributed by atoms with Gasteiger partial charge in [-0.05, 0) is 28.3 Å². The number of azide groups is 2. The van der Waals surface area contributed by atoms with Crippen molar-refractivity contribution in [3.05, 3.63) is 68.4 Å². The molecule has 0 saturated carbocycles. The minimum absolute atomic E-state index is 0.0769. The molecule has 0 amide bonds. The molecule has 3 rings (SSSR count). The van der Waals surface area contributed by atoms with Crippen LogP contribution in [0.25, 0.3) is 33.0 Å². The highest BCUT2D eigenvalue weighted by Crippen LogP contribution is 2.51. The summed E-state index contributed by atoms with van der Waals surface area (Å²) in [5.41, 5.74) is 18.3. The molecule has 0 N–H and O–H groups in total. The standard InChI is InChI=1S/C14H8N6O4S/c15-19-17-12-10(7-6-9-4-2-1-3-5-9)8-11-14(13(12)18-20-16)24-25(21,22)23-11/h1-8H/b7-6+. The smallest absolute Gasteiger partial charge is 0.349 e. The maximum absolute atomic E-state index is 11.5. The summed E-state index contributed by atoms with van der Waals surface area (Å²) in [5.74, 6) is -0.482. The lowest BCUT2D eigenvalue weighted by Gasteiger charge is -2.06. The maximum atomic E-state index is 11.5. The molecule has 0 saturated heterocycles. The summed E-state index contributed by atoms with van der Waals surface area (Å²) in [6, 6.07) is 10.5. The van der Waals surface area contributed by atoms with E-state index in [0.29, 0.717) is 5.56 Å². The topological polar surface area (TPSA) is 150 Å². The van der Waals surface area contributed by atoms with Gasteiger partial charge in [-0.3, -0.25) is 0 Å². The van der Waals surface area contributed by atoms with Gasteiger partial charge >= 0.3 is 10.4 Å². The van der Waals surface area contributed by atoms with E-state index in [1.54, 1.807) is 12.2 Å². The SMILES string of the molecule is [N-]=[N+]=Nc1c(/C=C/c2ccccc2)cc2c(c1N=[N+]=[N-])OS(=O)(=O)O2. The van der Waals surface area contributed by atoms with E-state index in [2.05, 4.69) is 24.2 Å². The Bertz CT molecular complexity index is 1070. The van der Waals surface area contributed by atoms with Crippen LogP contribution in [0.4, 0.5) is 11.4 Å². The van der Waals surface area contributed by atoms with Gasteiger partial charge in [-0.15, -0.1) is 8.42 Å². The summed E-state index contributed by atoms with van der Waals surface area (Å²) < 4.78 is 32.4. The summed E-state index contributed by atoms with van der Waals surface area (Å²) >= 11 is 0. The van der Waals surface area contributed by atoms with Crippen molar-refractivity contribution in [1.82, 2.24) is 0 Å². The Labute approximate surface area is 141 Å². The first kappa shape index (κ1) is 16.2. The van der Waals surface area contributed by atoms with Gasteiger partial charge < -0.3 is 8.37 Å². The lowest BCUT2D eigenvalue weighted by molar-refractivity contribution is 0.436. The minimum atomic E-state index is -4.30. The second-order valence-corrected chi connectivity index (χ2v) is 5.84. The second kappa shape index (κ2) is 6.46. The highest BCUT2D eigenvalue weighted by Gasteiger charge is 2.33. The summed E-state index contributed by atoms with van der Waals surface area (Å²) in [6.45, 7) is 0. The van der Waals surface area contributed by atoms with Crippen molar-refractivity contribution in [3.8, 4) is 11.5 Å². The third-order valence-electron chi connectivity index (χ3n) is 3.14. The van der Waals surface area contributed by atoms with E-state index in [4.69, 9.17) is 15.2 Å². The molecule has 0 fully saturated rings. The summed E-state index contributed by atoms with van der Waals surface area (Å²) in [7, 11) is -4.30. The zero-order valence-electron chi connectivity index (χ0n) is 12.3. The largest absolute Gasteiger partial charge is 0.501 e. The van der Waals surface area contributed by atoms with Gasteiger partial charge in [0.05, 0.1) is 11.4 Å². The molecular formula is C14H8N6O4S. The van der Waals surface area contributed by atoms with Gasteiger partial charge in [0.15, 0.2) is 11.5 Å². The molecule has 0 aromatic heterocycles. The Morgan fingerprint density at radius 2 is 1.64 bits per heavy atom. The third-order valence-corrected chi connectivity index (χ3v) is 3.90. The number of hydrogen-bond donors (Lipinski definition) is 0. The van der Waals surface area contributed by atoms with Crippen LogP contribution < -0.4 is 8.37 Å². The zero-order chi connectivity index (χ0) is 17.9. The van der Waals surface area contributed by atoms with Crippen molar-refractivity contribution in [3.63, 3.8) is 0 Å². The van der Waals surface area contributed by atoms with Crippen LogP contribution in [0, 0.1) is 0 Å². The Morgan fingerprint density at radius 3 is 2.32 bits per heavy atom. The van der Waals surface area contributed by atoms with Crippen molar-refractivity contribution >= 4 is 33.9 Å². The van der Waals surface area contributed by atoms with Crippen LogP contribution in [0.5, 0.6) is 11.5 Å². The van der Waals surface area contributed by atoms with E-state index < -0.39 is 10.4 Å². The maximum Gasteiger partial charge on any atom is 0.501 e. The molecule has 10 nitrogen and oxygen atoms in total. The van der Waals surface area contributed by atoms with Gasteiger partial charge in [-0.2, -0.15) is 0 Å². The predicted octanol–water partition coefficient (Wildman–Crippen LogP) is 4.76. The quantitative estimate of drug-likeness (QED) is 0.336. The molecule has 2 aromatic carbocycles. The van der Waals surface area contributed by atoms with E-state index in [9.17, 15) is 8.42 Å². The van der Waals surface area contributed by atoms with Crippen LogP contribution in [-0.2, 0) is 10.4 Å². The van der Waals surface area contributed by atoms with Gasteiger partial charge in [-0.1, -0.05) is 52.7 Å². The Hall–Kier alpha value is -3.65. The molecule has 1 aliphatic rings. The molecule has 124 valence electrons. The number of nitrogens with zero attached hydrogens (tertiary/aromatic N) is 6.